The van der Waals surface area contributed by atoms with Crippen LogP contribution in [0.2, 0.25) is 0 Å². The molecule has 2 heterocycles. The lowest BCUT2D eigenvalue weighted by Crippen LogP contribution is -2.35. The second kappa shape index (κ2) is 3.53. The fraction of sp³-hybridized carbons (Fsp3) is 0.714. The number of rotatable bonds is 2. The largest absolute Gasteiger partial charge is 0.354 e. The van der Waals surface area contributed by atoms with E-state index in [-0.39, 0.29) is 11.5 Å². The molecule has 1 unspecified atom stereocenters. The van der Waals surface area contributed by atoms with Crippen LogP contribution in [0.5, 0.6) is 0 Å². The molecular formula is C7H11N3O2S3. The average molecular weight is 265 g/mol. The van der Waals surface area contributed by atoms with Crippen molar-refractivity contribution in [2.45, 2.75) is 18.9 Å². The van der Waals surface area contributed by atoms with E-state index in [9.17, 15) is 8.42 Å². The number of H-pyrrole nitrogens is 1. The Hall–Kier alpha value is -0.470. The molecular weight excluding hydrogens is 254 g/mol. The molecule has 84 valence electrons. The monoisotopic (exact) mass is 265 g/mol. The van der Waals surface area contributed by atoms with Crippen molar-refractivity contribution in [2.24, 2.45) is 0 Å². The van der Waals surface area contributed by atoms with E-state index >= 15 is 0 Å². The van der Waals surface area contributed by atoms with Crippen molar-refractivity contribution in [3.8, 4) is 0 Å². The third-order valence-electron chi connectivity index (χ3n) is 2.35. The van der Waals surface area contributed by atoms with Crippen molar-refractivity contribution in [1.29, 1.82) is 0 Å². The summed E-state index contributed by atoms with van der Waals surface area (Å²) in [5.74, 6) is 0.401. The van der Waals surface area contributed by atoms with Crippen LogP contribution in [0.15, 0.2) is 0 Å². The zero-order valence-corrected chi connectivity index (χ0v) is 10.6. The van der Waals surface area contributed by atoms with Gasteiger partial charge in [-0.3, -0.25) is 5.10 Å². The van der Waals surface area contributed by atoms with Crippen LogP contribution in [0.3, 0.4) is 0 Å². The lowest BCUT2D eigenvalue weighted by molar-refractivity contribution is 0.573. The lowest BCUT2D eigenvalue weighted by atomic mass is 10.0. The molecule has 1 aliphatic heterocycles. The number of hydrogen-bond donors (Lipinski definition) is 2. The summed E-state index contributed by atoms with van der Waals surface area (Å²) in [4.78, 5) is 0. The highest BCUT2D eigenvalue weighted by molar-refractivity contribution is 7.91. The number of aromatic nitrogens is 2. The van der Waals surface area contributed by atoms with E-state index in [0.717, 1.165) is 0 Å². The van der Waals surface area contributed by atoms with Gasteiger partial charge in [0, 0.05) is 0 Å². The van der Waals surface area contributed by atoms with E-state index in [1.165, 1.54) is 11.3 Å². The third kappa shape index (κ3) is 2.56. The molecule has 2 N–H and O–H groups in total. The van der Waals surface area contributed by atoms with E-state index in [2.05, 4.69) is 15.5 Å². The van der Waals surface area contributed by atoms with Crippen molar-refractivity contribution in [3.63, 3.8) is 0 Å². The van der Waals surface area contributed by atoms with Crippen LogP contribution in [0.1, 0.15) is 13.3 Å². The summed E-state index contributed by atoms with van der Waals surface area (Å²) in [5, 5.41) is 10.4. The first-order valence-corrected chi connectivity index (χ1v) is 7.47. The second-order valence-electron chi connectivity index (χ2n) is 3.95. The van der Waals surface area contributed by atoms with Crippen LogP contribution in [-0.4, -0.2) is 35.7 Å². The molecule has 1 fully saturated rings. The van der Waals surface area contributed by atoms with Crippen molar-refractivity contribution >= 4 is 38.5 Å². The summed E-state index contributed by atoms with van der Waals surface area (Å²) in [6.07, 6.45) is 0.613. The van der Waals surface area contributed by atoms with Crippen LogP contribution in [-0.2, 0) is 9.84 Å². The maximum absolute atomic E-state index is 11.4. The minimum atomic E-state index is -2.89. The number of aromatic amines is 1. The van der Waals surface area contributed by atoms with Crippen LogP contribution in [0, 0.1) is 3.95 Å². The molecule has 0 spiro atoms. The molecule has 15 heavy (non-hydrogen) atoms. The first-order chi connectivity index (χ1) is 6.89. The van der Waals surface area contributed by atoms with Gasteiger partial charge in [-0.1, -0.05) is 11.3 Å². The summed E-state index contributed by atoms with van der Waals surface area (Å²) >= 11 is 6.21. The smallest absolute Gasteiger partial charge is 0.204 e. The number of nitrogens with zero attached hydrogens (tertiary/aromatic N) is 1. The van der Waals surface area contributed by atoms with Crippen LogP contribution in [0.25, 0.3) is 0 Å². The second-order valence-corrected chi connectivity index (χ2v) is 7.80. The Kier molecular flexibility index (Phi) is 2.60. The van der Waals surface area contributed by atoms with Gasteiger partial charge in [-0.25, -0.2) is 8.42 Å². The molecule has 1 aromatic heterocycles. The van der Waals surface area contributed by atoms with Crippen LogP contribution in [0.4, 0.5) is 5.13 Å². The number of anilines is 1. The summed E-state index contributed by atoms with van der Waals surface area (Å²) < 4.78 is 23.3. The SMILES string of the molecule is CC1(Nc2n[nH]c(=S)s2)CCS(=O)(=O)C1. The topological polar surface area (TPSA) is 74.8 Å². The summed E-state index contributed by atoms with van der Waals surface area (Å²) in [7, 11) is -2.89. The fourth-order valence-corrected chi connectivity index (χ4v) is 4.68. The zero-order valence-electron chi connectivity index (χ0n) is 8.11. The maximum atomic E-state index is 11.4. The van der Waals surface area contributed by atoms with Gasteiger partial charge in [0.15, 0.2) is 13.8 Å². The summed E-state index contributed by atoms with van der Waals surface area (Å²) in [5.41, 5.74) is -0.410. The van der Waals surface area contributed by atoms with Crippen LogP contribution < -0.4 is 5.32 Å². The Bertz CT molecular complexity index is 518. The normalized spacial score (nSPS) is 29.1. The van der Waals surface area contributed by atoms with E-state index in [1.54, 1.807) is 0 Å². The van der Waals surface area contributed by atoms with E-state index in [0.29, 0.717) is 15.5 Å². The molecule has 8 heteroatoms. The fourth-order valence-electron chi connectivity index (χ4n) is 1.65. The highest BCUT2D eigenvalue weighted by Gasteiger charge is 2.38. The molecule has 0 aromatic carbocycles. The first kappa shape index (κ1) is 11.0. The van der Waals surface area contributed by atoms with Gasteiger partial charge in [-0.05, 0) is 25.6 Å². The van der Waals surface area contributed by atoms with Crippen LogP contribution >= 0.6 is 23.6 Å². The van der Waals surface area contributed by atoms with Gasteiger partial charge in [0.25, 0.3) is 0 Å². The molecule has 1 aromatic rings. The number of sulfone groups is 1. The van der Waals surface area contributed by atoms with Gasteiger partial charge < -0.3 is 5.32 Å². The van der Waals surface area contributed by atoms with E-state index < -0.39 is 15.4 Å². The Labute approximate surface area is 96.8 Å². The molecule has 0 radical (unpaired) electrons. The molecule has 1 atom stereocenters. The Balaban J connectivity index is 2.16. The molecule has 1 aliphatic rings. The van der Waals surface area contributed by atoms with Crippen molar-refractivity contribution in [2.75, 3.05) is 16.8 Å². The van der Waals surface area contributed by atoms with E-state index in [1.807, 2.05) is 6.92 Å². The zero-order chi connectivity index (χ0) is 11.1. The minimum Gasteiger partial charge on any atom is -0.354 e. The quantitative estimate of drug-likeness (QED) is 0.786. The Morgan fingerprint density at radius 3 is 2.87 bits per heavy atom. The summed E-state index contributed by atoms with van der Waals surface area (Å²) in [6, 6.07) is 0. The predicted octanol–water partition coefficient (Wildman–Crippen LogP) is 1.19. The third-order valence-corrected chi connectivity index (χ3v) is 5.26. The maximum Gasteiger partial charge on any atom is 0.204 e. The standard InChI is InChI=1S/C7H11N3O2S3/c1-7(2-3-15(11,12)4-7)8-5-9-10-6(13)14-5/h2-4H2,1H3,(H,8,9)(H,10,13). The van der Waals surface area contributed by atoms with Crippen molar-refractivity contribution < 1.29 is 8.42 Å². The molecule has 0 saturated carbocycles. The van der Waals surface area contributed by atoms with Gasteiger partial charge in [-0.2, -0.15) is 0 Å². The van der Waals surface area contributed by atoms with E-state index in [4.69, 9.17) is 12.2 Å². The molecule has 0 amide bonds. The molecule has 2 rings (SSSR count). The highest BCUT2D eigenvalue weighted by Crippen LogP contribution is 2.27. The number of hydrogen-bond acceptors (Lipinski definition) is 6. The van der Waals surface area contributed by atoms with Gasteiger partial charge in [-0.15, -0.1) is 5.10 Å². The summed E-state index contributed by atoms with van der Waals surface area (Å²) in [6.45, 7) is 1.89. The minimum absolute atomic E-state index is 0.159. The van der Waals surface area contributed by atoms with Crippen molar-refractivity contribution in [1.82, 2.24) is 10.2 Å². The van der Waals surface area contributed by atoms with Crippen molar-refractivity contribution in [3.05, 3.63) is 3.95 Å². The lowest BCUT2D eigenvalue weighted by Gasteiger charge is -2.22. The predicted molar refractivity (Wildman–Crippen MR) is 62.6 cm³/mol. The molecule has 0 bridgehead atoms. The van der Waals surface area contributed by atoms with Gasteiger partial charge in [0.05, 0.1) is 17.0 Å². The van der Waals surface area contributed by atoms with Gasteiger partial charge in [0.1, 0.15) is 0 Å². The van der Waals surface area contributed by atoms with Gasteiger partial charge >= 0.3 is 0 Å². The van der Waals surface area contributed by atoms with Gasteiger partial charge in [0.2, 0.25) is 5.13 Å². The average Bonchev–Trinajstić information content (AvgIpc) is 2.57. The Morgan fingerprint density at radius 2 is 2.40 bits per heavy atom. The number of nitrogens with one attached hydrogen (secondary N) is 2. The Morgan fingerprint density at radius 1 is 1.67 bits per heavy atom. The first-order valence-electron chi connectivity index (χ1n) is 4.43. The molecule has 5 nitrogen and oxygen atoms in total. The highest BCUT2D eigenvalue weighted by atomic mass is 32.2. The molecule has 1 saturated heterocycles. The molecule has 0 aliphatic carbocycles.